The van der Waals surface area contributed by atoms with Crippen molar-refractivity contribution in [3.8, 4) is 0 Å². The van der Waals surface area contributed by atoms with Crippen LogP contribution in [0.3, 0.4) is 0 Å². The quantitative estimate of drug-likeness (QED) is 0.257. The molecule has 0 radical (unpaired) electrons. The maximum Gasteiger partial charge on any atom is 0.360 e. The van der Waals surface area contributed by atoms with Crippen molar-refractivity contribution in [3.05, 3.63) is 62.2 Å². The van der Waals surface area contributed by atoms with Crippen molar-refractivity contribution in [2.75, 3.05) is 19.8 Å². The van der Waals surface area contributed by atoms with Gasteiger partial charge in [-0.3, -0.25) is 14.7 Å². The molecule has 1 aromatic rings. The van der Waals surface area contributed by atoms with Crippen molar-refractivity contribution in [2.24, 2.45) is 0 Å². The van der Waals surface area contributed by atoms with E-state index in [0.29, 0.717) is 17.0 Å². The lowest BCUT2D eigenvalue weighted by Gasteiger charge is -2.34. The van der Waals surface area contributed by atoms with Crippen LogP contribution in [0.2, 0.25) is 0 Å². The number of rotatable bonds is 9. The number of ether oxygens (including phenoxy) is 1. The van der Waals surface area contributed by atoms with Crippen LogP contribution in [-0.4, -0.2) is 30.7 Å². The second-order valence-corrected chi connectivity index (χ2v) is 8.51. The summed E-state index contributed by atoms with van der Waals surface area (Å²) >= 11 is 0. The van der Waals surface area contributed by atoms with Gasteiger partial charge in [-0.1, -0.05) is 12.1 Å². The first kappa shape index (κ1) is 23.8. The molecule has 0 aromatic heterocycles. The number of hydrogen-bond acceptors (Lipinski definition) is 8. The summed E-state index contributed by atoms with van der Waals surface area (Å²) < 4.78 is 30.1. The molecule has 1 unspecified atom stereocenters. The molecule has 30 heavy (non-hydrogen) atoms. The third-order valence-corrected chi connectivity index (χ3v) is 6.91. The van der Waals surface area contributed by atoms with Crippen LogP contribution >= 0.6 is 7.60 Å². The maximum atomic E-state index is 13.8. The number of carbonyl (C=O) groups is 1. The van der Waals surface area contributed by atoms with Crippen LogP contribution in [0.25, 0.3) is 0 Å². The standard InChI is InChI=1S/C20H27N2O7P/c1-6-27-20(23)17-13(4)21-14(5)19(30(26,28-7-2)29-8-3)18(17)15-10-9-11-16(12-15)22(24)25/h9-12,18,21H,6-8H2,1-5H3. The molecule has 1 N–H and O–H groups in total. The predicted octanol–water partition coefficient (Wildman–Crippen LogP) is 4.62. The Labute approximate surface area is 175 Å². The highest BCUT2D eigenvalue weighted by Crippen LogP contribution is 2.64. The molecule has 1 heterocycles. The van der Waals surface area contributed by atoms with Gasteiger partial charge >= 0.3 is 13.6 Å². The van der Waals surface area contributed by atoms with Crippen LogP contribution in [0, 0.1) is 10.1 Å². The van der Waals surface area contributed by atoms with E-state index in [1.54, 1.807) is 40.7 Å². The van der Waals surface area contributed by atoms with E-state index in [1.807, 2.05) is 0 Å². The molecule has 0 spiro atoms. The lowest BCUT2D eigenvalue weighted by atomic mass is 9.86. The Bertz CT molecular complexity index is 929. The Morgan fingerprint density at radius 3 is 2.30 bits per heavy atom. The molecular formula is C20H27N2O7P. The van der Waals surface area contributed by atoms with E-state index >= 15 is 0 Å². The number of nitro groups is 1. The van der Waals surface area contributed by atoms with Crippen LogP contribution in [0.5, 0.6) is 0 Å². The number of hydrogen-bond donors (Lipinski definition) is 1. The molecule has 164 valence electrons. The van der Waals surface area contributed by atoms with Crippen LogP contribution in [0.1, 0.15) is 46.1 Å². The lowest BCUT2D eigenvalue weighted by Crippen LogP contribution is -2.29. The monoisotopic (exact) mass is 438 g/mol. The fourth-order valence-corrected chi connectivity index (χ4v) is 5.58. The number of esters is 1. The normalized spacial score (nSPS) is 17.0. The molecule has 10 heteroatoms. The van der Waals surface area contributed by atoms with Gasteiger partial charge in [-0.2, -0.15) is 0 Å². The number of non-ortho nitro benzene ring substituents is 1. The van der Waals surface area contributed by atoms with Gasteiger partial charge in [-0.15, -0.1) is 0 Å². The summed E-state index contributed by atoms with van der Waals surface area (Å²) in [5.41, 5.74) is 1.49. The minimum atomic E-state index is -3.83. The number of nitrogens with one attached hydrogen (secondary N) is 1. The smallest absolute Gasteiger partial charge is 0.360 e. The zero-order chi connectivity index (χ0) is 22.5. The summed E-state index contributed by atoms with van der Waals surface area (Å²) in [5.74, 6) is -1.50. The number of carbonyl (C=O) groups excluding carboxylic acids is 1. The molecule has 1 aromatic carbocycles. The zero-order valence-electron chi connectivity index (χ0n) is 17.8. The molecule has 0 saturated heterocycles. The molecule has 0 bridgehead atoms. The molecule has 9 nitrogen and oxygen atoms in total. The van der Waals surface area contributed by atoms with Crippen LogP contribution in [-0.2, 0) is 23.1 Å². The van der Waals surface area contributed by atoms with E-state index in [4.69, 9.17) is 13.8 Å². The molecule has 0 amide bonds. The van der Waals surface area contributed by atoms with Gasteiger partial charge in [0.15, 0.2) is 0 Å². The maximum absolute atomic E-state index is 13.8. The molecule has 1 atom stereocenters. The largest absolute Gasteiger partial charge is 0.463 e. The van der Waals surface area contributed by atoms with Crippen LogP contribution < -0.4 is 5.32 Å². The Kier molecular flexibility index (Phi) is 7.95. The fraction of sp³-hybridized carbons (Fsp3) is 0.450. The van der Waals surface area contributed by atoms with Crippen molar-refractivity contribution >= 4 is 19.3 Å². The first-order valence-electron chi connectivity index (χ1n) is 9.69. The molecule has 0 saturated carbocycles. The number of allylic oxidation sites excluding steroid dienone is 3. The summed E-state index contributed by atoms with van der Waals surface area (Å²) in [4.78, 5) is 23.7. The summed E-state index contributed by atoms with van der Waals surface area (Å²) in [6.45, 7) is 8.84. The Balaban J connectivity index is 2.80. The minimum Gasteiger partial charge on any atom is -0.463 e. The first-order valence-corrected chi connectivity index (χ1v) is 11.2. The van der Waals surface area contributed by atoms with Crippen molar-refractivity contribution in [1.29, 1.82) is 0 Å². The van der Waals surface area contributed by atoms with Gasteiger partial charge in [-0.05, 0) is 40.2 Å². The topological polar surface area (TPSA) is 117 Å². The van der Waals surface area contributed by atoms with E-state index < -0.39 is 24.4 Å². The highest BCUT2D eigenvalue weighted by Gasteiger charge is 2.44. The molecule has 1 aliphatic heterocycles. The van der Waals surface area contributed by atoms with Gasteiger partial charge in [0, 0.05) is 23.5 Å². The summed E-state index contributed by atoms with van der Waals surface area (Å²) in [5, 5.41) is 14.6. The van der Waals surface area contributed by atoms with Crippen molar-refractivity contribution < 1.29 is 28.1 Å². The number of dihydropyridines is 1. The Hall–Kier alpha value is -2.48. The van der Waals surface area contributed by atoms with E-state index in [0.717, 1.165) is 0 Å². The van der Waals surface area contributed by atoms with Gasteiger partial charge in [0.25, 0.3) is 5.69 Å². The van der Waals surface area contributed by atoms with Gasteiger partial charge in [-0.25, -0.2) is 4.79 Å². The third kappa shape index (κ3) is 4.80. The Morgan fingerprint density at radius 2 is 1.77 bits per heavy atom. The third-order valence-electron chi connectivity index (χ3n) is 4.53. The second kappa shape index (κ2) is 10.0. The van der Waals surface area contributed by atoms with E-state index in [9.17, 15) is 19.5 Å². The van der Waals surface area contributed by atoms with Crippen LogP contribution in [0.4, 0.5) is 5.69 Å². The fourth-order valence-electron chi connectivity index (χ4n) is 3.48. The summed E-state index contributed by atoms with van der Waals surface area (Å²) in [6, 6.07) is 5.88. The van der Waals surface area contributed by atoms with Gasteiger partial charge in [0.05, 0.1) is 41.5 Å². The SMILES string of the molecule is CCOC(=O)C1=C(C)NC(C)=C(P(=O)(OCC)OCC)C1c1cccc([N+](=O)[O-])c1. The van der Waals surface area contributed by atoms with Gasteiger partial charge in [0.2, 0.25) is 0 Å². The molecule has 0 aliphatic carbocycles. The average Bonchev–Trinajstić information content (AvgIpc) is 2.67. The minimum absolute atomic E-state index is 0.118. The van der Waals surface area contributed by atoms with Crippen molar-refractivity contribution in [2.45, 2.75) is 40.5 Å². The van der Waals surface area contributed by atoms with Gasteiger partial charge < -0.3 is 19.1 Å². The average molecular weight is 438 g/mol. The highest BCUT2D eigenvalue weighted by molar-refractivity contribution is 7.58. The number of nitrogens with zero attached hydrogens (tertiary/aromatic N) is 1. The zero-order valence-corrected chi connectivity index (χ0v) is 18.7. The van der Waals surface area contributed by atoms with E-state index in [1.165, 1.54) is 18.2 Å². The van der Waals surface area contributed by atoms with Crippen LogP contribution in [0.15, 0.2) is 46.5 Å². The molecular weight excluding hydrogens is 411 g/mol. The summed E-state index contributed by atoms with van der Waals surface area (Å²) in [6.07, 6.45) is 0. The summed E-state index contributed by atoms with van der Waals surface area (Å²) in [7, 11) is -3.83. The predicted molar refractivity (Wildman–Crippen MR) is 112 cm³/mol. The van der Waals surface area contributed by atoms with Crippen molar-refractivity contribution in [1.82, 2.24) is 5.32 Å². The second-order valence-electron chi connectivity index (χ2n) is 6.51. The van der Waals surface area contributed by atoms with E-state index in [2.05, 4.69) is 5.32 Å². The van der Waals surface area contributed by atoms with Gasteiger partial charge in [0.1, 0.15) is 0 Å². The molecule has 0 fully saturated rings. The number of nitro benzene ring substituents is 1. The first-order chi connectivity index (χ1) is 14.2. The Morgan fingerprint density at radius 1 is 1.13 bits per heavy atom. The highest BCUT2D eigenvalue weighted by atomic mass is 31.2. The van der Waals surface area contributed by atoms with E-state index in [-0.39, 0.29) is 36.4 Å². The molecule has 2 rings (SSSR count). The lowest BCUT2D eigenvalue weighted by molar-refractivity contribution is -0.384. The molecule has 1 aliphatic rings. The number of benzene rings is 1. The van der Waals surface area contributed by atoms with Crippen molar-refractivity contribution in [3.63, 3.8) is 0 Å².